The third-order valence-electron chi connectivity index (χ3n) is 2.97. The Labute approximate surface area is 148 Å². The van der Waals surface area contributed by atoms with Gasteiger partial charge in [-0.05, 0) is 19.1 Å². The number of nitrogens with zero attached hydrogens (tertiary/aromatic N) is 1. The van der Waals surface area contributed by atoms with Crippen LogP contribution in [-0.4, -0.2) is 49.1 Å². The highest BCUT2D eigenvalue weighted by Gasteiger charge is 2.10. The van der Waals surface area contributed by atoms with Crippen molar-refractivity contribution in [3.63, 3.8) is 0 Å². The first kappa shape index (κ1) is 18.8. The number of likely N-dealkylation sites (N-methyl/N-ethyl adjacent to an activating group) is 1. The Kier molecular flexibility index (Phi) is 7.30. The van der Waals surface area contributed by atoms with Crippen LogP contribution in [0, 0.1) is 0 Å². The number of thiazole rings is 1. The van der Waals surface area contributed by atoms with Crippen LogP contribution in [-0.2, 0) is 30.5 Å². The fourth-order valence-corrected chi connectivity index (χ4v) is 2.79. The summed E-state index contributed by atoms with van der Waals surface area (Å²) >= 11 is 1.49. The Balaban J connectivity index is 1.62. The molecule has 0 saturated carbocycles. The Hall–Kier alpha value is -2.52. The predicted molar refractivity (Wildman–Crippen MR) is 91.9 cm³/mol. The molecule has 1 heterocycles. The number of aromatic nitrogens is 1. The van der Waals surface area contributed by atoms with E-state index in [0.717, 1.165) is 15.2 Å². The van der Waals surface area contributed by atoms with Crippen LogP contribution >= 0.6 is 11.3 Å². The van der Waals surface area contributed by atoms with E-state index in [0.29, 0.717) is 6.54 Å². The minimum Gasteiger partial charge on any atom is -0.454 e. The van der Waals surface area contributed by atoms with Crippen LogP contribution < -0.4 is 10.6 Å². The summed E-state index contributed by atoms with van der Waals surface area (Å²) in [5, 5.41) is 5.63. The van der Waals surface area contributed by atoms with Gasteiger partial charge >= 0.3 is 5.97 Å². The van der Waals surface area contributed by atoms with E-state index in [9.17, 15) is 14.4 Å². The summed E-state index contributed by atoms with van der Waals surface area (Å²) in [5.41, 5.74) is 0.887. The molecular weight excluding hydrogens is 346 g/mol. The van der Waals surface area contributed by atoms with Crippen LogP contribution in [0.15, 0.2) is 24.3 Å². The van der Waals surface area contributed by atoms with Gasteiger partial charge in [-0.3, -0.25) is 9.59 Å². The number of carbonyl (C=O) groups excluding carboxylic acids is 3. The van der Waals surface area contributed by atoms with Crippen LogP contribution in [0.1, 0.15) is 11.9 Å². The summed E-state index contributed by atoms with van der Waals surface area (Å²) in [6.07, 6.45) is 0. The number of amides is 2. The molecular formula is C16H19N3O5S. The van der Waals surface area contributed by atoms with E-state index in [2.05, 4.69) is 15.6 Å². The highest BCUT2D eigenvalue weighted by atomic mass is 32.1. The molecule has 0 aliphatic carbocycles. The van der Waals surface area contributed by atoms with Crippen molar-refractivity contribution in [2.24, 2.45) is 0 Å². The molecule has 0 radical (unpaired) electrons. The number of hydrogen-bond acceptors (Lipinski definition) is 7. The van der Waals surface area contributed by atoms with Gasteiger partial charge in [-0.2, -0.15) is 0 Å². The lowest BCUT2D eigenvalue weighted by Gasteiger charge is -2.06. The second kappa shape index (κ2) is 9.70. The minimum atomic E-state index is -0.658. The second-order valence-electron chi connectivity index (χ2n) is 4.96. The summed E-state index contributed by atoms with van der Waals surface area (Å²) < 4.78 is 11.1. The van der Waals surface area contributed by atoms with E-state index < -0.39 is 18.5 Å². The number of rotatable bonds is 9. The van der Waals surface area contributed by atoms with E-state index in [4.69, 9.17) is 9.47 Å². The zero-order valence-electron chi connectivity index (χ0n) is 13.7. The fraction of sp³-hybridized carbons (Fsp3) is 0.375. The van der Waals surface area contributed by atoms with Gasteiger partial charge in [0, 0.05) is 6.54 Å². The predicted octanol–water partition coefficient (Wildman–Crippen LogP) is 0.608. The molecule has 0 atom stereocenters. The molecule has 0 bridgehead atoms. The first-order valence-corrected chi connectivity index (χ1v) is 8.51. The number of esters is 1. The van der Waals surface area contributed by atoms with Gasteiger partial charge in [-0.25, -0.2) is 9.78 Å². The third-order valence-corrected chi connectivity index (χ3v) is 3.98. The van der Waals surface area contributed by atoms with Crippen molar-refractivity contribution in [3.05, 3.63) is 29.3 Å². The Morgan fingerprint density at radius 2 is 1.92 bits per heavy atom. The normalized spacial score (nSPS) is 10.4. The summed E-state index contributed by atoms with van der Waals surface area (Å²) in [5.74, 6) is -1.51. The molecule has 2 aromatic rings. The van der Waals surface area contributed by atoms with E-state index in [1.165, 1.54) is 11.3 Å². The van der Waals surface area contributed by atoms with Crippen molar-refractivity contribution >= 4 is 39.3 Å². The van der Waals surface area contributed by atoms with Gasteiger partial charge in [0.1, 0.15) is 11.6 Å². The van der Waals surface area contributed by atoms with Gasteiger partial charge in [0.2, 0.25) is 5.91 Å². The zero-order chi connectivity index (χ0) is 18.1. The largest absolute Gasteiger partial charge is 0.454 e. The zero-order valence-corrected chi connectivity index (χ0v) is 14.6. The molecule has 134 valence electrons. The number of hydrogen-bond donors (Lipinski definition) is 2. The molecule has 0 saturated heterocycles. The molecule has 9 heteroatoms. The monoisotopic (exact) mass is 365 g/mol. The molecule has 2 amide bonds. The van der Waals surface area contributed by atoms with Crippen molar-refractivity contribution < 1.29 is 23.9 Å². The van der Waals surface area contributed by atoms with Crippen LogP contribution in [0.5, 0.6) is 0 Å². The van der Waals surface area contributed by atoms with Gasteiger partial charge in [0.25, 0.3) is 5.91 Å². The number of fused-ring (bicyclic) bond motifs is 1. The molecule has 0 aliphatic rings. The van der Waals surface area contributed by atoms with Gasteiger partial charge in [-0.15, -0.1) is 11.3 Å². The topological polar surface area (TPSA) is 107 Å². The van der Waals surface area contributed by atoms with Crippen molar-refractivity contribution in [1.82, 2.24) is 15.6 Å². The van der Waals surface area contributed by atoms with Crippen molar-refractivity contribution in [2.75, 3.05) is 26.3 Å². The molecule has 2 rings (SSSR count). The Bertz CT molecular complexity index is 713. The molecule has 25 heavy (non-hydrogen) atoms. The lowest BCUT2D eigenvalue weighted by atomic mass is 10.3. The SMILES string of the molecule is CCNC(=O)CNC(=O)COC(=O)COCc1nc2ccccc2s1. The number of ether oxygens (including phenoxy) is 2. The molecule has 0 spiro atoms. The lowest BCUT2D eigenvalue weighted by molar-refractivity contribution is -0.153. The van der Waals surface area contributed by atoms with E-state index in [1.54, 1.807) is 6.92 Å². The highest BCUT2D eigenvalue weighted by Crippen LogP contribution is 2.21. The number of nitrogens with one attached hydrogen (secondary N) is 2. The smallest absolute Gasteiger partial charge is 0.332 e. The maximum atomic E-state index is 11.5. The van der Waals surface area contributed by atoms with Gasteiger partial charge in [-0.1, -0.05) is 12.1 Å². The maximum absolute atomic E-state index is 11.5. The van der Waals surface area contributed by atoms with E-state index in [-0.39, 0.29) is 25.7 Å². The molecule has 0 aliphatic heterocycles. The van der Waals surface area contributed by atoms with Gasteiger partial charge < -0.3 is 20.1 Å². The average Bonchev–Trinajstić information content (AvgIpc) is 3.01. The molecule has 0 unspecified atom stereocenters. The quantitative estimate of drug-likeness (QED) is 0.631. The first-order valence-electron chi connectivity index (χ1n) is 7.69. The summed E-state index contributed by atoms with van der Waals surface area (Å²) in [6.45, 7) is 1.56. The van der Waals surface area contributed by atoms with Crippen molar-refractivity contribution in [1.29, 1.82) is 0 Å². The highest BCUT2D eigenvalue weighted by molar-refractivity contribution is 7.18. The van der Waals surface area contributed by atoms with Crippen molar-refractivity contribution in [3.8, 4) is 0 Å². The maximum Gasteiger partial charge on any atom is 0.332 e. The molecule has 1 aromatic carbocycles. The Morgan fingerprint density at radius 1 is 1.12 bits per heavy atom. The van der Waals surface area contributed by atoms with Crippen LogP contribution in [0.4, 0.5) is 0 Å². The molecule has 1 aromatic heterocycles. The number of para-hydroxylation sites is 1. The third kappa shape index (κ3) is 6.48. The Morgan fingerprint density at radius 3 is 2.68 bits per heavy atom. The van der Waals surface area contributed by atoms with Gasteiger partial charge in [0.05, 0.1) is 23.4 Å². The van der Waals surface area contributed by atoms with Crippen LogP contribution in [0.3, 0.4) is 0 Å². The molecule has 2 N–H and O–H groups in total. The fourth-order valence-electron chi connectivity index (χ4n) is 1.88. The lowest BCUT2D eigenvalue weighted by Crippen LogP contribution is -2.38. The molecule has 8 nitrogen and oxygen atoms in total. The number of carbonyl (C=O) groups is 3. The van der Waals surface area contributed by atoms with Gasteiger partial charge in [0.15, 0.2) is 6.61 Å². The standard InChI is InChI=1S/C16H19N3O5S/c1-2-17-13(20)7-18-14(21)8-24-16(22)10-23-9-15-19-11-5-3-4-6-12(11)25-15/h3-6H,2,7-10H2,1H3,(H,17,20)(H,18,21). The van der Waals surface area contributed by atoms with E-state index in [1.807, 2.05) is 24.3 Å². The first-order chi connectivity index (χ1) is 12.1. The summed E-state index contributed by atoms with van der Waals surface area (Å²) in [6, 6.07) is 7.70. The summed E-state index contributed by atoms with van der Waals surface area (Å²) in [4.78, 5) is 38.5. The summed E-state index contributed by atoms with van der Waals surface area (Å²) in [7, 11) is 0. The number of benzene rings is 1. The second-order valence-corrected chi connectivity index (χ2v) is 6.07. The molecule has 0 fully saturated rings. The van der Waals surface area contributed by atoms with Crippen molar-refractivity contribution in [2.45, 2.75) is 13.5 Å². The van der Waals surface area contributed by atoms with Crippen LogP contribution in [0.2, 0.25) is 0 Å². The van der Waals surface area contributed by atoms with E-state index >= 15 is 0 Å². The average molecular weight is 365 g/mol. The minimum absolute atomic E-state index is 0.154. The van der Waals surface area contributed by atoms with Crippen LogP contribution in [0.25, 0.3) is 10.2 Å².